The Kier molecular flexibility index (Phi) is 6.71. The Labute approximate surface area is 136 Å². The van der Waals surface area contributed by atoms with E-state index in [0.717, 1.165) is 38.9 Å². The summed E-state index contributed by atoms with van der Waals surface area (Å²) in [5.74, 6) is 0.156. The van der Waals surface area contributed by atoms with Crippen LogP contribution in [0.15, 0.2) is 30.3 Å². The van der Waals surface area contributed by atoms with Gasteiger partial charge in [0.1, 0.15) is 4.75 Å². The fraction of sp³-hybridized carbons (Fsp3) is 0.647. The lowest BCUT2D eigenvalue weighted by atomic mass is 9.83. The highest BCUT2D eigenvalue weighted by Gasteiger charge is 2.40. The van der Waals surface area contributed by atoms with Crippen LogP contribution < -0.4 is 5.14 Å². The highest BCUT2D eigenvalue weighted by Crippen LogP contribution is 2.37. The number of rotatable bonds is 7. The Bertz CT molecular complexity index is 433. The van der Waals surface area contributed by atoms with Crippen LogP contribution in [0.2, 0.25) is 0 Å². The van der Waals surface area contributed by atoms with E-state index in [0.29, 0.717) is 0 Å². The predicted octanol–water partition coefficient (Wildman–Crippen LogP) is 3.10. The van der Waals surface area contributed by atoms with Crippen LogP contribution in [-0.4, -0.2) is 28.8 Å². The molecule has 0 aromatic heterocycles. The molecule has 1 fully saturated rings. The predicted molar refractivity (Wildman–Crippen MR) is 89.8 cm³/mol. The molecule has 2 N–H and O–H groups in total. The number of nitrogens with two attached hydrogens (primary N) is 1. The van der Waals surface area contributed by atoms with Crippen LogP contribution in [0.3, 0.4) is 0 Å². The first-order chi connectivity index (χ1) is 10.5. The van der Waals surface area contributed by atoms with Gasteiger partial charge in [0.25, 0.3) is 0 Å². The monoisotopic (exact) mass is 325 g/mol. The minimum absolute atomic E-state index is 0.0864. The largest absolute Gasteiger partial charge is 0.598 e. The molecular formula is C17H27NO3S. The van der Waals surface area contributed by atoms with Crippen LogP contribution in [-0.2, 0) is 20.8 Å². The van der Waals surface area contributed by atoms with Gasteiger partial charge in [0.05, 0.1) is 13.2 Å². The minimum Gasteiger partial charge on any atom is -0.598 e. The summed E-state index contributed by atoms with van der Waals surface area (Å²) in [7, 11) is 0. The lowest BCUT2D eigenvalue weighted by molar-refractivity contribution is -0.181. The standard InChI is InChI=1S/C17H27NO3S/c1-17(2,22(18)19)15(14-8-4-3-5-9-14)10-6-11-16-20-12-7-13-21-16/h3-5,8-9,15-16H,6-7,10-13,18H2,1-2H3. The number of benzene rings is 1. The Morgan fingerprint density at radius 3 is 2.50 bits per heavy atom. The molecular weight excluding hydrogens is 298 g/mol. The van der Waals surface area contributed by atoms with E-state index in [1.54, 1.807) is 0 Å². The molecule has 1 saturated heterocycles. The van der Waals surface area contributed by atoms with Crippen molar-refractivity contribution in [2.45, 2.75) is 56.5 Å². The van der Waals surface area contributed by atoms with Crippen LogP contribution in [0.5, 0.6) is 0 Å². The van der Waals surface area contributed by atoms with Crippen molar-refractivity contribution < 1.29 is 14.0 Å². The molecule has 0 saturated carbocycles. The summed E-state index contributed by atoms with van der Waals surface area (Å²) in [5.41, 5.74) is 1.19. The molecule has 2 rings (SSSR count). The molecule has 0 spiro atoms. The van der Waals surface area contributed by atoms with Gasteiger partial charge in [-0.15, -0.1) is 0 Å². The van der Waals surface area contributed by atoms with Gasteiger partial charge in [-0.1, -0.05) is 30.3 Å². The topological polar surface area (TPSA) is 67.5 Å². The van der Waals surface area contributed by atoms with Crippen molar-refractivity contribution >= 4 is 11.4 Å². The van der Waals surface area contributed by atoms with Crippen molar-refractivity contribution in [3.05, 3.63) is 35.9 Å². The highest BCUT2D eigenvalue weighted by molar-refractivity contribution is 7.90. The van der Waals surface area contributed by atoms with Gasteiger partial charge in [0, 0.05) is 17.3 Å². The zero-order chi connectivity index (χ0) is 16.0. The maximum atomic E-state index is 12.0. The summed E-state index contributed by atoms with van der Waals surface area (Å²) < 4.78 is 22.7. The normalized spacial score (nSPS) is 19.8. The molecule has 0 amide bonds. The molecule has 4 nitrogen and oxygen atoms in total. The summed E-state index contributed by atoms with van der Waals surface area (Å²) in [6, 6.07) is 10.2. The Hall–Kier alpha value is -0.590. The van der Waals surface area contributed by atoms with Crippen LogP contribution in [0.4, 0.5) is 0 Å². The molecule has 22 heavy (non-hydrogen) atoms. The molecule has 124 valence electrons. The van der Waals surface area contributed by atoms with Gasteiger partial charge in [-0.2, -0.15) is 5.14 Å². The molecule has 2 unspecified atom stereocenters. The van der Waals surface area contributed by atoms with Crippen LogP contribution in [0.25, 0.3) is 0 Å². The lowest BCUT2D eigenvalue weighted by Gasteiger charge is -2.34. The Balaban J connectivity index is 1.99. The first-order valence-electron chi connectivity index (χ1n) is 7.96. The zero-order valence-corrected chi connectivity index (χ0v) is 14.3. The second kappa shape index (κ2) is 8.31. The summed E-state index contributed by atoms with van der Waals surface area (Å²) >= 11 is -1.38. The fourth-order valence-electron chi connectivity index (χ4n) is 2.93. The minimum atomic E-state index is -1.38. The number of hydrogen-bond acceptors (Lipinski definition) is 4. The summed E-state index contributed by atoms with van der Waals surface area (Å²) in [5, 5.41) is 5.75. The van der Waals surface area contributed by atoms with E-state index in [1.165, 1.54) is 5.56 Å². The van der Waals surface area contributed by atoms with E-state index in [9.17, 15) is 4.55 Å². The van der Waals surface area contributed by atoms with Gasteiger partial charge < -0.3 is 14.0 Å². The number of ether oxygens (including phenoxy) is 2. The molecule has 1 aromatic rings. The first-order valence-corrected chi connectivity index (χ1v) is 9.17. The van der Waals surface area contributed by atoms with Crippen LogP contribution in [0, 0.1) is 0 Å². The van der Waals surface area contributed by atoms with Crippen LogP contribution >= 0.6 is 0 Å². The van der Waals surface area contributed by atoms with E-state index in [1.807, 2.05) is 32.0 Å². The van der Waals surface area contributed by atoms with Gasteiger partial charge >= 0.3 is 0 Å². The third-order valence-electron chi connectivity index (χ3n) is 4.39. The number of hydrogen-bond donors (Lipinski definition) is 1. The zero-order valence-electron chi connectivity index (χ0n) is 13.5. The first kappa shape index (κ1) is 17.8. The lowest BCUT2D eigenvalue weighted by Crippen LogP contribution is -2.43. The maximum absolute atomic E-state index is 12.0. The van der Waals surface area contributed by atoms with Gasteiger partial charge in [0.2, 0.25) is 0 Å². The van der Waals surface area contributed by atoms with Crippen molar-refractivity contribution in [2.75, 3.05) is 13.2 Å². The summed E-state index contributed by atoms with van der Waals surface area (Å²) in [6.45, 7) is 5.53. The van der Waals surface area contributed by atoms with Gasteiger partial charge in [-0.3, -0.25) is 0 Å². The third-order valence-corrected chi connectivity index (χ3v) is 5.71. The average molecular weight is 325 g/mol. The van der Waals surface area contributed by atoms with Gasteiger partial charge in [0.15, 0.2) is 6.29 Å². The molecule has 5 heteroatoms. The molecule has 0 bridgehead atoms. The van der Waals surface area contributed by atoms with E-state index in [2.05, 4.69) is 12.1 Å². The van der Waals surface area contributed by atoms with Crippen LogP contribution in [0.1, 0.15) is 51.0 Å². The maximum Gasteiger partial charge on any atom is 0.157 e. The summed E-state index contributed by atoms with van der Waals surface area (Å²) in [4.78, 5) is 0. The van der Waals surface area contributed by atoms with Crippen molar-refractivity contribution in [3.8, 4) is 0 Å². The molecule has 0 aliphatic carbocycles. The van der Waals surface area contributed by atoms with E-state index >= 15 is 0 Å². The molecule has 1 aliphatic heterocycles. The average Bonchev–Trinajstić information content (AvgIpc) is 2.53. The second-order valence-corrected chi connectivity index (χ2v) is 7.97. The molecule has 1 aliphatic rings. The van der Waals surface area contributed by atoms with E-state index < -0.39 is 16.1 Å². The molecule has 2 atom stereocenters. The van der Waals surface area contributed by atoms with Gasteiger partial charge in [-0.25, -0.2) is 0 Å². The summed E-state index contributed by atoms with van der Waals surface area (Å²) in [6.07, 6.45) is 3.64. The molecule has 0 radical (unpaired) electrons. The Morgan fingerprint density at radius 1 is 1.27 bits per heavy atom. The second-order valence-electron chi connectivity index (χ2n) is 6.32. The van der Waals surface area contributed by atoms with Crippen molar-refractivity contribution in [3.63, 3.8) is 0 Å². The SMILES string of the molecule is CC(C)(C(CCCC1OCCCO1)c1ccccc1)[S+](N)[O-]. The fourth-order valence-corrected chi connectivity index (χ4v) is 3.47. The van der Waals surface area contributed by atoms with E-state index in [-0.39, 0.29) is 12.2 Å². The smallest absolute Gasteiger partial charge is 0.157 e. The quantitative estimate of drug-likeness (QED) is 0.782. The van der Waals surface area contributed by atoms with Crippen molar-refractivity contribution in [1.29, 1.82) is 0 Å². The van der Waals surface area contributed by atoms with Crippen molar-refractivity contribution in [1.82, 2.24) is 0 Å². The molecule has 1 heterocycles. The highest BCUT2D eigenvalue weighted by atomic mass is 32.2. The van der Waals surface area contributed by atoms with Crippen molar-refractivity contribution in [2.24, 2.45) is 5.14 Å². The Morgan fingerprint density at radius 2 is 1.91 bits per heavy atom. The van der Waals surface area contributed by atoms with E-state index in [4.69, 9.17) is 14.6 Å². The third kappa shape index (κ3) is 4.70. The van der Waals surface area contributed by atoms with Gasteiger partial charge in [-0.05, 0) is 45.1 Å². The molecule has 1 aromatic carbocycles.